The first kappa shape index (κ1) is 23.1. The first-order valence-electron chi connectivity index (χ1n) is 8.73. The van der Waals surface area contributed by atoms with Crippen LogP contribution in [0.25, 0.3) is 0 Å². The summed E-state index contributed by atoms with van der Waals surface area (Å²) in [5.41, 5.74) is 0.756. The van der Waals surface area contributed by atoms with Crippen LogP contribution in [0.1, 0.15) is 15.9 Å². The zero-order valence-corrected chi connectivity index (χ0v) is 17.5. The molecule has 0 saturated carbocycles. The molecule has 2 aromatic rings. The molecule has 30 heavy (non-hydrogen) atoms. The molecule has 0 radical (unpaired) electrons. The van der Waals surface area contributed by atoms with Gasteiger partial charge in [-0.25, -0.2) is 0 Å². The Labute approximate surface area is 174 Å². The molecule has 2 aromatic carbocycles. The monoisotopic (exact) mass is 438 g/mol. The van der Waals surface area contributed by atoms with Crippen LogP contribution in [0.2, 0.25) is 0 Å². The predicted molar refractivity (Wildman–Crippen MR) is 108 cm³/mol. The maximum Gasteiger partial charge on any atom is 0.306 e. The van der Waals surface area contributed by atoms with Crippen LogP contribution in [0, 0.1) is 10.1 Å². The van der Waals surface area contributed by atoms with Gasteiger partial charge in [0.25, 0.3) is 11.6 Å². The highest BCUT2D eigenvalue weighted by Gasteiger charge is 2.19. The molecule has 0 aromatic heterocycles. The van der Waals surface area contributed by atoms with Crippen LogP contribution < -0.4 is 8.92 Å². The van der Waals surface area contributed by atoms with Crippen LogP contribution in [-0.2, 0) is 21.4 Å². The van der Waals surface area contributed by atoms with E-state index in [1.165, 1.54) is 49.5 Å². The van der Waals surface area contributed by atoms with Crippen LogP contribution in [0.5, 0.6) is 11.5 Å². The Morgan fingerprint density at radius 1 is 1.10 bits per heavy atom. The predicted octanol–water partition coefficient (Wildman–Crippen LogP) is 2.23. The number of nitro groups is 1. The SMILES string of the molecule is COCCN(Cc1ccc(OC)c(OS(C)(=O)=O)c1)C(=O)c1ccc([N+](=O)[O-])cc1. The molecule has 0 unspecified atom stereocenters. The Bertz CT molecular complexity index is 1010. The van der Waals surface area contributed by atoms with E-state index >= 15 is 0 Å². The van der Waals surface area contributed by atoms with Crippen molar-refractivity contribution in [2.75, 3.05) is 33.6 Å². The number of rotatable bonds is 10. The van der Waals surface area contributed by atoms with Crippen LogP contribution in [-0.4, -0.2) is 57.8 Å². The molecule has 0 atom stereocenters. The Balaban J connectivity index is 2.30. The van der Waals surface area contributed by atoms with Crippen molar-refractivity contribution in [2.24, 2.45) is 0 Å². The van der Waals surface area contributed by atoms with E-state index in [-0.39, 0.29) is 48.4 Å². The van der Waals surface area contributed by atoms with Crippen molar-refractivity contribution >= 4 is 21.7 Å². The quantitative estimate of drug-likeness (QED) is 0.314. The summed E-state index contributed by atoms with van der Waals surface area (Å²) >= 11 is 0. The summed E-state index contributed by atoms with van der Waals surface area (Å²) in [6.45, 7) is 0.644. The van der Waals surface area contributed by atoms with E-state index in [0.29, 0.717) is 5.56 Å². The molecule has 11 heteroatoms. The highest BCUT2D eigenvalue weighted by atomic mass is 32.2. The molecule has 2 rings (SSSR count). The molecular formula is C19H22N2O8S. The van der Waals surface area contributed by atoms with Crippen LogP contribution in [0.4, 0.5) is 5.69 Å². The van der Waals surface area contributed by atoms with Crippen LogP contribution >= 0.6 is 0 Å². The number of benzene rings is 2. The molecule has 10 nitrogen and oxygen atoms in total. The fourth-order valence-electron chi connectivity index (χ4n) is 2.63. The Hall–Kier alpha value is -3.18. The van der Waals surface area contributed by atoms with Gasteiger partial charge in [0.2, 0.25) is 0 Å². The smallest absolute Gasteiger partial charge is 0.306 e. The Morgan fingerprint density at radius 3 is 2.30 bits per heavy atom. The van der Waals surface area contributed by atoms with E-state index in [1.54, 1.807) is 12.1 Å². The minimum Gasteiger partial charge on any atom is -0.493 e. The molecule has 0 aliphatic heterocycles. The molecule has 0 aliphatic rings. The summed E-state index contributed by atoms with van der Waals surface area (Å²) in [6.07, 6.45) is 0.919. The maximum absolute atomic E-state index is 12.9. The number of methoxy groups -OCH3 is 2. The maximum atomic E-state index is 12.9. The molecule has 0 N–H and O–H groups in total. The Kier molecular flexibility index (Phi) is 7.72. The Morgan fingerprint density at radius 2 is 1.77 bits per heavy atom. The van der Waals surface area contributed by atoms with E-state index in [0.717, 1.165) is 6.26 Å². The van der Waals surface area contributed by atoms with Gasteiger partial charge in [-0.15, -0.1) is 0 Å². The third-order valence-electron chi connectivity index (χ3n) is 4.02. The average molecular weight is 438 g/mol. The second-order valence-electron chi connectivity index (χ2n) is 6.30. The summed E-state index contributed by atoms with van der Waals surface area (Å²) in [4.78, 5) is 24.7. The standard InChI is InChI=1S/C19H22N2O8S/c1-27-11-10-20(19(22)15-5-7-16(8-6-15)21(23)24)13-14-4-9-17(28-2)18(12-14)29-30(3,25)26/h4-9,12H,10-11,13H2,1-3H3. The third-order valence-corrected chi connectivity index (χ3v) is 4.50. The van der Waals surface area contributed by atoms with Crippen molar-refractivity contribution in [3.8, 4) is 11.5 Å². The van der Waals surface area contributed by atoms with Crippen LogP contribution in [0.15, 0.2) is 42.5 Å². The van der Waals surface area contributed by atoms with Gasteiger partial charge in [0.1, 0.15) is 0 Å². The van der Waals surface area contributed by atoms with Crippen molar-refractivity contribution in [2.45, 2.75) is 6.54 Å². The van der Waals surface area contributed by atoms with Crippen LogP contribution in [0.3, 0.4) is 0 Å². The highest BCUT2D eigenvalue weighted by molar-refractivity contribution is 7.86. The number of carbonyl (C=O) groups is 1. The van der Waals surface area contributed by atoms with E-state index in [2.05, 4.69) is 0 Å². The number of carbonyl (C=O) groups excluding carboxylic acids is 1. The lowest BCUT2D eigenvalue weighted by molar-refractivity contribution is -0.384. The molecule has 0 aliphatic carbocycles. The number of nitrogens with zero attached hydrogens (tertiary/aromatic N) is 2. The van der Waals surface area contributed by atoms with Crippen molar-refractivity contribution in [1.82, 2.24) is 4.90 Å². The molecule has 0 saturated heterocycles. The van der Waals surface area contributed by atoms with E-state index in [9.17, 15) is 23.3 Å². The first-order chi connectivity index (χ1) is 14.1. The lowest BCUT2D eigenvalue weighted by Gasteiger charge is -2.23. The van der Waals surface area contributed by atoms with Crippen molar-refractivity contribution < 1.29 is 31.8 Å². The number of non-ortho nitro benzene ring substituents is 1. The number of nitro benzene ring substituents is 1. The lowest BCUT2D eigenvalue weighted by Crippen LogP contribution is -2.33. The van der Waals surface area contributed by atoms with Gasteiger partial charge in [-0.05, 0) is 29.8 Å². The van der Waals surface area contributed by atoms with Crippen molar-refractivity contribution in [3.05, 3.63) is 63.7 Å². The second kappa shape index (κ2) is 10.0. The van der Waals surface area contributed by atoms with Gasteiger partial charge in [0, 0.05) is 37.9 Å². The topological polar surface area (TPSA) is 125 Å². The van der Waals surface area contributed by atoms with E-state index in [4.69, 9.17) is 13.7 Å². The second-order valence-corrected chi connectivity index (χ2v) is 7.87. The fraction of sp³-hybridized carbons (Fsp3) is 0.316. The normalized spacial score (nSPS) is 11.0. The van der Waals surface area contributed by atoms with E-state index < -0.39 is 15.0 Å². The number of amides is 1. The first-order valence-corrected chi connectivity index (χ1v) is 10.6. The largest absolute Gasteiger partial charge is 0.493 e. The van der Waals surface area contributed by atoms with Gasteiger partial charge in [0.05, 0.1) is 24.9 Å². The zero-order valence-electron chi connectivity index (χ0n) is 16.7. The van der Waals surface area contributed by atoms with E-state index in [1.807, 2.05) is 0 Å². The lowest BCUT2D eigenvalue weighted by atomic mass is 10.1. The third kappa shape index (κ3) is 6.42. The molecular weight excluding hydrogens is 416 g/mol. The van der Waals surface area contributed by atoms with Gasteiger partial charge < -0.3 is 18.6 Å². The van der Waals surface area contributed by atoms with Gasteiger partial charge in [-0.2, -0.15) is 8.42 Å². The zero-order chi connectivity index (χ0) is 22.3. The molecule has 0 bridgehead atoms. The van der Waals surface area contributed by atoms with Gasteiger partial charge >= 0.3 is 10.1 Å². The van der Waals surface area contributed by atoms with Crippen molar-refractivity contribution in [1.29, 1.82) is 0 Å². The van der Waals surface area contributed by atoms with Crippen molar-refractivity contribution in [3.63, 3.8) is 0 Å². The fourth-order valence-corrected chi connectivity index (χ4v) is 3.09. The number of hydrogen-bond acceptors (Lipinski definition) is 8. The summed E-state index contributed by atoms with van der Waals surface area (Å²) in [5.74, 6) is -0.121. The summed E-state index contributed by atoms with van der Waals surface area (Å²) in [7, 11) is -0.893. The molecule has 0 heterocycles. The van der Waals surface area contributed by atoms with Gasteiger partial charge in [0.15, 0.2) is 11.5 Å². The minimum absolute atomic E-state index is 0.00646. The molecule has 0 fully saturated rings. The van der Waals surface area contributed by atoms with Gasteiger partial charge in [-0.1, -0.05) is 6.07 Å². The summed E-state index contributed by atoms with van der Waals surface area (Å²) < 4.78 is 38.2. The molecule has 1 amide bonds. The molecule has 162 valence electrons. The minimum atomic E-state index is -3.78. The number of ether oxygens (including phenoxy) is 2. The summed E-state index contributed by atoms with van der Waals surface area (Å²) in [5, 5.41) is 10.8. The van der Waals surface area contributed by atoms with Gasteiger partial charge in [-0.3, -0.25) is 14.9 Å². The number of hydrogen-bond donors (Lipinski definition) is 0. The summed E-state index contributed by atoms with van der Waals surface area (Å²) in [6, 6.07) is 9.97. The average Bonchev–Trinajstić information content (AvgIpc) is 2.69. The highest BCUT2D eigenvalue weighted by Crippen LogP contribution is 2.30. The molecule has 0 spiro atoms.